The third-order valence-electron chi connectivity index (χ3n) is 4.14. The van der Waals surface area contributed by atoms with Gasteiger partial charge in [0.2, 0.25) is 0 Å². The summed E-state index contributed by atoms with van der Waals surface area (Å²) in [6, 6.07) is 22.8. The molecule has 0 aliphatic carbocycles. The largest absolute Gasteiger partial charge is 0.493 e. The normalized spacial score (nSPS) is 11.2. The Kier molecular flexibility index (Phi) is 6.01. The molecule has 0 amide bonds. The van der Waals surface area contributed by atoms with Crippen LogP contribution in [0.2, 0.25) is 0 Å². The maximum absolute atomic E-state index is 12.8. The summed E-state index contributed by atoms with van der Waals surface area (Å²) < 4.78 is 44.4. The second-order valence-corrected chi connectivity index (χ2v) is 6.12. The van der Waals surface area contributed by atoms with Crippen molar-refractivity contribution in [2.75, 3.05) is 11.9 Å². The number of anilines is 1. The van der Waals surface area contributed by atoms with Gasteiger partial charge in [-0.3, -0.25) is 0 Å². The van der Waals surface area contributed by atoms with Crippen molar-refractivity contribution in [3.05, 3.63) is 95.6 Å². The van der Waals surface area contributed by atoms with Crippen molar-refractivity contribution in [1.29, 1.82) is 0 Å². The van der Waals surface area contributed by atoms with Crippen LogP contribution in [0.3, 0.4) is 0 Å². The summed E-state index contributed by atoms with van der Waals surface area (Å²) in [5.41, 5.74) is 1.84. The Hall–Kier alpha value is -2.95. The summed E-state index contributed by atoms with van der Waals surface area (Å²) in [5, 5.41) is 3.04. The zero-order valence-corrected chi connectivity index (χ0v) is 14.7. The summed E-state index contributed by atoms with van der Waals surface area (Å²) in [5.74, 6) is 0.730. The second-order valence-electron chi connectivity index (χ2n) is 6.12. The lowest BCUT2D eigenvalue weighted by Crippen LogP contribution is -2.08. The predicted molar refractivity (Wildman–Crippen MR) is 101 cm³/mol. The van der Waals surface area contributed by atoms with Gasteiger partial charge in [0.25, 0.3) is 0 Å². The first kappa shape index (κ1) is 18.8. The summed E-state index contributed by atoms with van der Waals surface area (Å²) in [4.78, 5) is 0. The van der Waals surface area contributed by atoms with E-state index < -0.39 is 11.7 Å². The topological polar surface area (TPSA) is 21.3 Å². The lowest BCUT2D eigenvalue weighted by Gasteiger charge is -2.14. The summed E-state index contributed by atoms with van der Waals surface area (Å²) in [6.07, 6.45) is -3.56. The van der Waals surface area contributed by atoms with Crippen LogP contribution in [0.15, 0.2) is 78.9 Å². The summed E-state index contributed by atoms with van der Waals surface area (Å²) >= 11 is 0. The number of para-hydroxylation sites is 1. The molecule has 0 saturated heterocycles. The maximum Gasteiger partial charge on any atom is 0.416 e. The number of hydrogen-bond acceptors (Lipinski definition) is 2. The van der Waals surface area contributed by atoms with Gasteiger partial charge in [0.05, 0.1) is 12.2 Å². The van der Waals surface area contributed by atoms with Gasteiger partial charge in [0.15, 0.2) is 0 Å². The number of rotatable bonds is 7. The predicted octanol–water partition coefficient (Wildman–Crippen LogP) is 5.94. The first-order valence-corrected chi connectivity index (χ1v) is 8.68. The van der Waals surface area contributed by atoms with Gasteiger partial charge in [-0.15, -0.1) is 0 Å². The van der Waals surface area contributed by atoms with Gasteiger partial charge in [0.1, 0.15) is 5.75 Å². The van der Waals surface area contributed by atoms with E-state index >= 15 is 0 Å². The van der Waals surface area contributed by atoms with Crippen LogP contribution in [0.25, 0.3) is 0 Å². The molecule has 27 heavy (non-hydrogen) atoms. The van der Waals surface area contributed by atoms with Crippen LogP contribution in [-0.4, -0.2) is 6.61 Å². The van der Waals surface area contributed by atoms with E-state index in [0.717, 1.165) is 29.9 Å². The van der Waals surface area contributed by atoms with Crippen LogP contribution < -0.4 is 10.1 Å². The fourth-order valence-electron chi connectivity index (χ4n) is 2.72. The van der Waals surface area contributed by atoms with Crippen LogP contribution >= 0.6 is 0 Å². The van der Waals surface area contributed by atoms with Crippen molar-refractivity contribution in [2.45, 2.75) is 19.1 Å². The van der Waals surface area contributed by atoms with E-state index in [0.29, 0.717) is 18.8 Å². The van der Waals surface area contributed by atoms with Crippen molar-refractivity contribution in [3.63, 3.8) is 0 Å². The molecular formula is C22H20F3NO. The van der Waals surface area contributed by atoms with Crippen molar-refractivity contribution in [2.24, 2.45) is 0 Å². The van der Waals surface area contributed by atoms with Crippen molar-refractivity contribution >= 4 is 5.69 Å². The minimum absolute atomic E-state index is 0.378. The lowest BCUT2D eigenvalue weighted by atomic mass is 10.1. The Bertz CT molecular complexity index is 863. The highest BCUT2D eigenvalue weighted by atomic mass is 19.4. The molecule has 0 aliphatic heterocycles. The Morgan fingerprint density at radius 3 is 2.33 bits per heavy atom. The van der Waals surface area contributed by atoms with Gasteiger partial charge in [-0.25, -0.2) is 0 Å². The number of benzene rings is 3. The van der Waals surface area contributed by atoms with E-state index in [1.54, 1.807) is 6.07 Å². The number of alkyl halides is 3. The van der Waals surface area contributed by atoms with E-state index in [9.17, 15) is 13.2 Å². The van der Waals surface area contributed by atoms with Gasteiger partial charge in [-0.05, 0) is 29.8 Å². The molecule has 0 spiro atoms. The van der Waals surface area contributed by atoms with Crippen molar-refractivity contribution in [3.8, 4) is 5.75 Å². The quantitative estimate of drug-likeness (QED) is 0.555. The highest BCUT2D eigenvalue weighted by molar-refractivity contribution is 5.48. The van der Waals surface area contributed by atoms with E-state index in [1.807, 2.05) is 54.6 Å². The van der Waals surface area contributed by atoms with E-state index in [1.165, 1.54) is 11.6 Å². The Balaban J connectivity index is 1.61. The molecule has 3 aromatic rings. The molecular weight excluding hydrogens is 351 g/mol. The third kappa shape index (κ3) is 5.51. The second kappa shape index (κ2) is 8.62. The minimum Gasteiger partial charge on any atom is -0.493 e. The van der Waals surface area contributed by atoms with Crippen LogP contribution in [0.4, 0.5) is 18.9 Å². The van der Waals surface area contributed by atoms with Gasteiger partial charge in [-0.1, -0.05) is 54.6 Å². The van der Waals surface area contributed by atoms with Crippen LogP contribution in [0.1, 0.15) is 16.7 Å². The first-order valence-electron chi connectivity index (χ1n) is 8.68. The molecule has 0 radical (unpaired) electrons. The molecule has 0 fully saturated rings. The maximum atomic E-state index is 12.8. The molecule has 5 heteroatoms. The van der Waals surface area contributed by atoms with Gasteiger partial charge in [-0.2, -0.15) is 13.2 Å². The highest BCUT2D eigenvalue weighted by Crippen LogP contribution is 2.31. The first-order chi connectivity index (χ1) is 13.0. The number of hydrogen-bond donors (Lipinski definition) is 1. The lowest BCUT2D eigenvalue weighted by molar-refractivity contribution is -0.137. The molecule has 140 valence electrons. The van der Waals surface area contributed by atoms with Crippen LogP contribution in [0, 0.1) is 0 Å². The Labute approximate surface area is 156 Å². The Morgan fingerprint density at radius 1 is 0.815 bits per heavy atom. The molecule has 3 rings (SSSR count). The van der Waals surface area contributed by atoms with Crippen molar-refractivity contribution in [1.82, 2.24) is 0 Å². The third-order valence-corrected chi connectivity index (χ3v) is 4.14. The molecule has 0 heterocycles. The smallest absolute Gasteiger partial charge is 0.416 e. The summed E-state index contributed by atoms with van der Waals surface area (Å²) in [7, 11) is 0. The molecule has 1 N–H and O–H groups in total. The van der Waals surface area contributed by atoms with Crippen LogP contribution in [0.5, 0.6) is 5.75 Å². The molecule has 0 saturated carbocycles. The molecule has 0 unspecified atom stereocenters. The van der Waals surface area contributed by atoms with Crippen LogP contribution in [-0.2, 0) is 19.1 Å². The van der Waals surface area contributed by atoms with E-state index in [4.69, 9.17) is 4.74 Å². The van der Waals surface area contributed by atoms with Gasteiger partial charge >= 0.3 is 6.18 Å². The molecule has 0 aromatic heterocycles. The summed E-state index contributed by atoms with van der Waals surface area (Å²) in [6.45, 7) is 0.910. The number of halogens is 3. The minimum atomic E-state index is -4.35. The average molecular weight is 371 g/mol. The van der Waals surface area contributed by atoms with Gasteiger partial charge < -0.3 is 10.1 Å². The SMILES string of the molecule is FC(F)(F)c1cccc(NCc2ccccc2OCCc2ccccc2)c1. The fourth-order valence-corrected chi connectivity index (χ4v) is 2.72. The Morgan fingerprint density at radius 2 is 1.56 bits per heavy atom. The van der Waals surface area contributed by atoms with Gasteiger partial charge in [0, 0.05) is 24.2 Å². The van der Waals surface area contributed by atoms with E-state index in [-0.39, 0.29) is 0 Å². The fraction of sp³-hybridized carbons (Fsp3) is 0.182. The monoisotopic (exact) mass is 371 g/mol. The molecule has 0 bridgehead atoms. The highest BCUT2D eigenvalue weighted by Gasteiger charge is 2.30. The molecule has 0 aliphatic rings. The number of ether oxygens (including phenoxy) is 1. The molecule has 0 atom stereocenters. The van der Waals surface area contributed by atoms with E-state index in [2.05, 4.69) is 5.32 Å². The van der Waals surface area contributed by atoms with Crippen molar-refractivity contribution < 1.29 is 17.9 Å². The standard InChI is InChI=1S/C22H20F3NO/c23-22(24,25)19-10-6-11-20(15-19)26-16-18-9-4-5-12-21(18)27-14-13-17-7-2-1-3-8-17/h1-12,15,26H,13-14,16H2. The molecule has 3 aromatic carbocycles. The average Bonchev–Trinajstić information content (AvgIpc) is 2.68. The number of nitrogens with one attached hydrogen (secondary N) is 1. The zero-order chi connectivity index (χ0) is 19.1. The zero-order valence-electron chi connectivity index (χ0n) is 14.7. The molecule has 2 nitrogen and oxygen atoms in total.